The summed E-state index contributed by atoms with van der Waals surface area (Å²) in [5, 5.41) is 17.8. The van der Waals surface area contributed by atoms with Crippen LogP contribution in [0.5, 0.6) is 0 Å². The van der Waals surface area contributed by atoms with E-state index in [0.717, 1.165) is 11.6 Å². The molecule has 110 valence electrons. The van der Waals surface area contributed by atoms with E-state index in [1.165, 1.54) is 23.5 Å². The molecular formula is C14H14FN3O2S. The van der Waals surface area contributed by atoms with E-state index >= 15 is 0 Å². The van der Waals surface area contributed by atoms with E-state index in [1.807, 2.05) is 16.8 Å². The number of carbonyl (C=O) groups excluding carboxylic acids is 1. The van der Waals surface area contributed by atoms with Gasteiger partial charge in [-0.2, -0.15) is 11.3 Å². The Hall–Kier alpha value is -2.41. The summed E-state index contributed by atoms with van der Waals surface area (Å²) >= 11 is 1.52. The number of benzene rings is 1. The second-order valence-electron chi connectivity index (χ2n) is 4.38. The van der Waals surface area contributed by atoms with Gasteiger partial charge in [-0.25, -0.2) is 4.39 Å². The summed E-state index contributed by atoms with van der Waals surface area (Å²) in [5.74, 6) is -0.856. The Balaban J connectivity index is 1.95. The Labute approximate surface area is 124 Å². The van der Waals surface area contributed by atoms with Crippen molar-refractivity contribution in [1.29, 1.82) is 0 Å². The van der Waals surface area contributed by atoms with Crippen LogP contribution in [-0.4, -0.2) is 17.0 Å². The van der Waals surface area contributed by atoms with Gasteiger partial charge in [-0.05, 0) is 28.5 Å². The molecule has 0 radical (unpaired) electrons. The lowest BCUT2D eigenvalue weighted by Gasteiger charge is -2.07. The third-order valence-corrected chi connectivity index (χ3v) is 3.61. The van der Waals surface area contributed by atoms with Crippen molar-refractivity contribution in [2.75, 3.05) is 0 Å². The van der Waals surface area contributed by atoms with Crippen molar-refractivity contribution in [2.24, 2.45) is 10.9 Å². The summed E-state index contributed by atoms with van der Waals surface area (Å²) in [6, 6.07) is 6.05. The van der Waals surface area contributed by atoms with Gasteiger partial charge in [-0.1, -0.05) is 17.3 Å². The van der Waals surface area contributed by atoms with Crippen LogP contribution in [0.3, 0.4) is 0 Å². The number of hydrogen-bond acceptors (Lipinski definition) is 4. The van der Waals surface area contributed by atoms with Crippen molar-refractivity contribution < 1.29 is 14.4 Å². The highest BCUT2D eigenvalue weighted by Gasteiger charge is 2.08. The second-order valence-corrected chi connectivity index (χ2v) is 5.16. The van der Waals surface area contributed by atoms with Crippen LogP contribution < -0.4 is 11.1 Å². The smallest absolute Gasteiger partial charge is 0.224 e. The van der Waals surface area contributed by atoms with Crippen LogP contribution in [0.15, 0.2) is 40.2 Å². The maximum atomic E-state index is 13.8. The van der Waals surface area contributed by atoms with Crippen LogP contribution in [0.2, 0.25) is 0 Å². The summed E-state index contributed by atoms with van der Waals surface area (Å²) in [6.07, 6.45) is 0.271. The monoisotopic (exact) mass is 307 g/mol. The number of thiophene rings is 1. The standard InChI is InChI=1S/C14H14FN3O2S/c15-12-6-10(14(16)18-20)1-2-11(12)7-17-13(19)5-9-3-4-21-8-9/h1-4,6,8,20H,5,7H2,(H2,16,18)(H,17,19). The van der Waals surface area contributed by atoms with Crippen molar-refractivity contribution in [3.63, 3.8) is 0 Å². The number of rotatable bonds is 5. The highest BCUT2D eigenvalue weighted by atomic mass is 32.1. The largest absolute Gasteiger partial charge is 0.409 e. The third kappa shape index (κ3) is 4.03. The molecule has 0 saturated heterocycles. The number of amides is 1. The number of nitrogens with one attached hydrogen (secondary N) is 1. The average molecular weight is 307 g/mol. The van der Waals surface area contributed by atoms with Crippen molar-refractivity contribution in [2.45, 2.75) is 13.0 Å². The maximum Gasteiger partial charge on any atom is 0.224 e. The molecule has 0 aliphatic carbocycles. The number of halogens is 1. The van der Waals surface area contributed by atoms with E-state index in [1.54, 1.807) is 0 Å². The Kier molecular flexibility index (Phi) is 4.89. The first-order valence-corrected chi connectivity index (χ1v) is 7.08. The van der Waals surface area contributed by atoms with Gasteiger partial charge in [0.25, 0.3) is 0 Å². The molecule has 0 unspecified atom stereocenters. The summed E-state index contributed by atoms with van der Waals surface area (Å²) in [7, 11) is 0. The molecule has 0 bridgehead atoms. The Bertz CT molecular complexity index is 656. The first-order chi connectivity index (χ1) is 10.1. The van der Waals surface area contributed by atoms with Gasteiger partial charge in [0.05, 0.1) is 6.42 Å². The highest BCUT2D eigenvalue weighted by Crippen LogP contribution is 2.11. The molecule has 5 nitrogen and oxygen atoms in total. The number of nitrogens with two attached hydrogens (primary N) is 1. The molecule has 4 N–H and O–H groups in total. The molecule has 1 aromatic carbocycles. The number of nitrogens with zero attached hydrogens (tertiary/aromatic N) is 1. The first kappa shape index (κ1) is 15.0. The maximum absolute atomic E-state index is 13.8. The van der Waals surface area contributed by atoms with E-state index in [-0.39, 0.29) is 30.3 Å². The summed E-state index contributed by atoms with van der Waals surface area (Å²) in [6.45, 7) is 0.0885. The predicted molar refractivity (Wildman–Crippen MR) is 78.8 cm³/mol. The second kappa shape index (κ2) is 6.85. The molecule has 0 aliphatic heterocycles. The number of carbonyl (C=O) groups is 1. The normalized spacial score (nSPS) is 11.4. The number of oxime groups is 1. The molecule has 0 atom stereocenters. The molecular weight excluding hydrogens is 293 g/mol. The summed E-state index contributed by atoms with van der Waals surface area (Å²) in [5.41, 5.74) is 6.92. The number of amidine groups is 1. The molecule has 2 rings (SSSR count). The Morgan fingerprint density at radius 2 is 2.24 bits per heavy atom. The first-order valence-electron chi connectivity index (χ1n) is 6.14. The topological polar surface area (TPSA) is 87.7 Å². The van der Waals surface area contributed by atoms with E-state index in [0.29, 0.717) is 5.56 Å². The zero-order valence-corrected chi connectivity index (χ0v) is 11.9. The van der Waals surface area contributed by atoms with Gasteiger partial charge < -0.3 is 16.3 Å². The van der Waals surface area contributed by atoms with Gasteiger partial charge in [0.15, 0.2) is 5.84 Å². The van der Waals surface area contributed by atoms with Crippen LogP contribution >= 0.6 is 11.3 Å². The van der Waals surface area contributed by atoms with E-state index in [4.69, 9.17) is 10.9 Å². The average Bonchev–Trinajstić information content (AvgIpc) is 2.98. The van der Waals surface area contributed by atoms with Crippen molar-refractivity contribution in [3.8, 4) is 0 Å². The third-order valence-electron chi connectivity index (χ3n) is 2.88. The van der Waals surface area contributed by atoms with Crippen molar-refractivity contribution in [3.05, 3.63) is 57.5 Å². The van der Waals surface area contributed by atoms with E-state index in [9.17, 15) is 9.18 Å². The lowest BCUT2D eigenvalue weighted by molar-refractivity contribution is -0.120. The van der Waals surface area contributed by atoms with Gasteiger partial charge in [0, 0.05) is 17.7 Å². The van der Waals surface area contributed by atoms with Crippen molar-refractivity contribution >= 4 is 23.1 Å². The van der Waals surface area contributed by atoms with Gasteiger partial charge in [-0.3, -0.25) is 4.79 Å². The fourth-order valence-corrected chi connectivity index (χ4v) is 2.41. The van der Waals surface area contributed by atoms with E-state index < -0.39 is 5.82 Å². The lowest BCUT2D eigenvalue weighted by Crippen LogP contribution is -2.25. The molecule has 7 heteroatoms. The fourth-order valence-electron chi connectivity index (χ4n) is 1.74. The predicted octanol–water partition coefficient (Wildman–Crippen LogP) is 1.84. The molecule has 21 heavy (non-hydrogen) atoms. The SMILES string of the molecule is NC(=NO)c1ccc(CNC(=O)Cc2ccsc2)c(F)c1. The molecule has 0 saturated carbocycles. The van der Waals surface area contributed by atoms with E-state index in [2.05, 4.69) is 10.5 Å². The summed E-state index contributed by atoms with van der Waals surface area (Å²) in [4.78, 5) is 11.7. The quantitative estimate of drug-likeness (QED) is 0.341. The highest BCUT2D eigenvalue weighted by molar-refractivity contribution is 7.07. The van der Waals surface area contributed by atoms with Gasteiger partial charge in [0.2, 0.25) is 5.91 Å². The van der Waals surface area contributed by atoms with Crippen LogP contribution in [0.1, 0.15) is 16.7 Å². The summed E-state index contributed by atoms with van der Waals surface area (Å²) < 4.78 is 13.8. The van der Waals surface area contributed by atoms with Gasteiger partial charge in [0.1, 0.15) is 5.82 Å². The molecule has 1 amide bonds. The molecule has 0 spiro atoms. The zero-order valence-electron chi connectivity index (χ0n) is 11.0. The fraction of sp³-hybridized carbons (Fsp3) is 0.143. The Morgan fingerprint density at radius 1 is 1.43 bits per heavy atom. The number of hydrogen-bond donors (Lipinski definition) is 3. The lowest BCUT2D eigenvalue weighted by atomic mass is 10.1. The van der Waals surface area contributed by atoms with Crippen LogP contribution in [-0.2, 0) is 17.8 Å². The van der Waals surface area contributed by atoms with Crippen LogP contribution in [0, 0.1) is 5.82 Å². The van der Waals surface area contributed by atoms with Crippen LogP contribution in [0.4, 0.5) is 4.39 Å². The minimum absolute atomic E-state index is 0.0885. The zero-order chi connectivity index (χ0) is 15.2. The van der Waals surface area contributed by atoms with Crippen molar-refractivity contribution in [1.82, 2.24) is 5.32 Å². The van der Waals surface area contributed by atoms with Gasteiger partial charge in [-0.15, -0.1) is 0 Å². The molecule has 0 fully saturated rings. The van der Waals surface area contributed by atoms with Crippen LogP contribution in [0.25, 0.3) is 0 Å². The molecule has 1 heterocycles. The minimum Gasteiger partial charge on any atom is -0.409 e. The van der Waals surface area contributed by atoms with Gasteiger partial charge >= 0.3 is 0 Å². The molecule has 1 aromatic heterocycles. The Morgan fingerprint density at radius 3 is 2.86 bits per heavy atom. The molecule has 2 aromatic rings. The molecule has 0 aliphatic rings. The minimum atomic E-state index is -0.519.